The molecular formula is C9H10NO4. The molecule has 1 N–H and O–H groups in total. The van der Waals surface area contributed by atoms with Crippen LogP contribution in [0.4, 0.5) is 5.69 Å². The molecule has 0 saturated carbocycles. The molecule has 0 aromatic heterocycles. The molecule has 5 heteroatoms. The zero-order chi connectivity index (χ0) is 10.6. The standard InChI is InChI=1S/C9H10NO4/c1-2-14-8-5-3-4-7(6-11)9(8)10(12)13/h3-6,11H,2H2,1H3. The van der Waals surface area contributed by atoms with Crippen molar-refractivity contribution in [1.82, 2.24) is 0 Å². The molecule has 0 aliphatic heterocycles. The Morgan fingerprint density at radius 2 is 2.36 bits per heavy atom. The van der Waals surface area contributed by atoms with Gasteiger partial charge in [0.05, 0.1) is 17.1 Å². The van der Waals surface area contributed by atoms with Gasteiger partial charge in [0.2, 0.25) is 0 Å². The van der Waals surface area contributed by atoms with Crippen molar-refractivity contribution in [3.05, 3.63) is 40.5 Å². The first kappa shape index (κ1) is 10.5. The van der Waals surface area contributed by atoms with Gasteiger partial charge in [0, 0.05) is 0 Å². The van der Waals surface area contributed by atoms with Crippen LogP contribution in [0.25, 0.3) is 0 Å². The van der Waals surface area contributed by atoms with Gasteiger partial charge in [-0.3, -0.25) is 10.1 Å². The number of aliphatic hydroxyl groups excluding tert-OH is 1. The summed E-state index contributed by atoms with van der Waals surface area (Å²) in [7, 11) is 0. The first-order valence-electron chi connectivity index (χ1n) is 4.08. The van der Waals surface area contributed by atoms with Crippen LogP contribution >= 0.6 is 0 Å². The molecule has 0 spiro atoms. The van der Waals surface area contributed by atoms with E-state index in [4.69, 9.17) is 9.84 Å². The summed E-state index contributed by atoms with van der Waals surface area (Å²) in [6.07, 6.45) is 0. The van der Waals surface area contributed by atoms with Crippen molar-refractivity contribution in [2.24, 2.45) is 0 Å². The Bertz CT molecular complexity index is 338. The van der Waals surface area contributed by atoms with Gasteiger partial charge in [0.15, 0.2) is 5.75 Å². The number of nitro groups is 1. The smallest absolute Gasteiger partial charge is 0.316 e. The van der Waals surface area contributed by atoms with Crippen LogP contribution in [0.2, 0.25) is 0 Å². The van der Waals surface area contributed by atoms with Crippen molar-refractivity contribution in [2.75, 3.05) is 6.61 Å². The Hall–Kier alpha value is -1.62. The fourth-order valence-corrected chi connectivity index (χ4v) is 1.11. The Labute approximate surface area is 81.1 Å². The Balaban J connectivity index is 3.20. The van der Waals surface area contributed by atoms with Crippen LogP contribution in [0.5, 0.6) is 5.75 Å². The van der Waals surface area contributed by atoms with Crippen LogP contribution in [0, 0.1) is 16.7 Å². The second-order valence-corrected chi connectivity index (χ2v) is 2.51. The number of aliphatic hydroxyl groups is 1. The molecule has 0 amide bonds. The SMILES string of the molecule is CCOc1cccc([CH]O)c1[N+](=O)[O-]. The van der Waals surface area contributed by atoms with E-state index in [1.165, 1.54) is 12.1 Å². The molecule has 1 radical (unpaired) electrons. The lowest BCUT2D eigenvalue weighted by Crippen LogP contribution is -2.00. The largest absolute Gasteiger partial charge is 0.487 e. The average molecular weight is 196 g/mol. The highest BCUT2D eigenvalue weighted by atomic mass is 16.6. The third-order valence-corrected chi connectivity index (χ3v) is 1.65. The highest BCUT2D eigenvalue weighted by Gasteiger charge is 2.19. The quantitative estimate of drug-likeness (QED) is 0.589. The summed E-state index contributed by atoms with van der Waals surface area (Å²) in [5.41, 5.74) is -0.0715. The Morgan fingerprint density at radius 3 is 2.86 bits per heavy atom. The Morgan fingerprint density at radius 1 is 1.64 bits per heavy atom. The molecule has 0 bridgehead atoms. The minimum Gasteiger partial charge on any atom is -0.487 e. The molecule has 1 aromatic rings. The van der Waals surface area contributed by atoms with Crippen molar-refractivity contribution in [1.29, 1.82) is 0 Å². The van der Waals surface area contributed by atoms with E-state index < -0.39 is 4.92 Å². The van der Waals surface area contributed by atoms with Gasteiger partial charge >= 0.3 is 5.69 Å². The molecule has 0 heterocycles. The summed E-state index contributed by atoms with van der Waals surface area (Å²) < 4.78 is 5.07. The summed E-state index contributed by atoms with van der Waals surface area (Å²) in [5.74, 6) is 0.167. The number of nitro benzene ring substituents is 1. The summed E-state index contributed by atoms with van der Waals surface area (Å²) >= 11 is 0. The molecule has 0 aliphatic carbocycles. The molecule has 0 unspecified atom stereocenters. The fraction of sp³-hybridized carbons (Fsp3) is 0.222. The summed E-state index contributed by atoms with van der Waals surface area (Å²) in [4.78, 5) is 10.1. The maximum Gasteiger partial charge on any atom is 0.316 e. The van der Waals surface area contributed by atoms with Gasteiger partial charge in [0.25, 0.3) is 0 Å². The minimum atomic E-state index is -0.576. The molecule has 5 nitrogen and oxygen atoms in total. The van der Waals surface area contributed by atoms with Crippen molar-refractivity contribution >= 4 is 5.69 Å². The zero-order valence-corrected chi connectivity index (χ0v) is 7.64. The molecule has 0 fully saturated rings. The van der Waals surface area contributed by atoms with Crippen molar-refractivity contribution in [3.63, 3.8) is 0 Å². The number of nitrogens with zero attached hydrogens (tertiary/aromatic N) is 1. The van der Waals surface area contributed by atoms with E-state index in [9.17, 15) is 10.1 Å². The van der Waals surface area contributed by atoms with Gasteiger partial charge in [-0.1, -0.05) is 6.07 Å². The predicted molar refractivity (Wildman–Crippen MR) is 49.6 cm³/mol. The third-order valence-electron chi connectivity index (χ3n) is 1.65. The maximum absolute atomic E-state index is 10.7. The number of para-hydroxylation sites is 1. The number of rotatable bonds is 4. The number of benzene rings is 1. The molecule has 14 heavy (non-hydrogen) atoms. The number of hydrogen-bond acceptors (Lipinski definition) is 4. The lowest BCUT2D eigenvalue weighted by molar-refractivity contribution is -0.386. The lowest BCUT2D eigenvalue weighted by Gasteiger charge is -2.05. The molecule has 75 valence electrons. The highest BCUT2D eigenvalue weighted by molar-refractivity contribution is 5.54. The molecule has 1 aromatic carbocycles. The van der Waals surface area contributed by atoms with E-state index in [2.05, 4.69) is 0 Å². The van der Waals surface area contributed by atoms with E-state index in [1.807, 2.05) is 0 Å². The van der Waals surface area contributed by atoms with E-state index in [0.717, 1.165) is 0 Å². The first-order valence-corrected chi connectivity index (χ1v) is 4.08. The summed E-state index contributed by atoms with van der Waals surface area (Å²) in [5, 5.41) is 19.4. The molecule has 0 saturated heterocycles. The normalized spacial score (nSPS) is 9.86. The van der Waals surface area contributed by atoms with Gasteiger partial charge < -0.3 is 9.84 Å². The van der Waals surface area contributed by atoms with Gasteiger partial charge in [-0.25, -0.2) is 0 Å². The predicted octanol–water partition coefficient (Wildman–Crippen LogP) is 1.88. The lowest BCUT2D eigenvalue weighted by atomic mass is 10.2. The van der Waals surface area contributed by atoms with Crippen LogP contribution < -0.4 is 4.74 Å². The second kappa shape index (κ2) is 4.57. The van der Waals surface area contributed by atoms with E-state index in [-0.39, 0.29) is 17.0 Å². The van der Waals surface area contributed by atoms with Crippen molar-refractivity contribution in [3.8, 4) is 5.75 Å². The van der Waals surface area contributed by atoms with Gasteiger partial charge in [-0.2, -0.15) is 0 Å². The van der Waals surface area contributed by atoms with Gasteiger partial charge in [0.1, 0.15) is 6.61 Å². The average Bonchev–Trinajstić information content (AvgIpc) is 2.17. The second-order valence-electron chi connectivity index (χ2n) is 2.51. The molecule has 0 atom stereocenters. The minimum absolute atomic E-state index is 0.140. The van der Waals surface area contributed by atoms with Crippen molar-refractivity contribution in [2.45, 2.75) is 6.92 Å². The van der Waals surface area contributed by atoms with Crippen molar-refractivity contribution < 1.29 is 14.8 Å². The number of hydrogen-bond donors (Lipinski definition) is 1. The molecular weight excluding hydrogens is 186 g/mol. The first-order chi connectivity index (χ1) is 6.70. The number of ether oxygens (including phenoxy) is 1. The topological polar surface area (TPSA) is 72.6 Å². The fourth-order valence-electron chi connectivity index (χ4n) is 1.11. The Kier molecular flexibility index (Phi) is 3.41. The summed E-state index contributed by atoms with van der Waals surface area (Å²) in [6, 6.07) is 4.52. The van der Waals surface area contributed by atoms with Crippen LogP contribution in [0.3, 0.4) is 0 Å². The monoisotopic (exact) mass is 196 g/mol. The third kappa shape index (κ3) is 2.00. The van der Waals surface area contributed by atoms with Crippen LogP contribution in [-0.4, -0.2) is 16.6 Å². The van der Waals surface area contributed by atoms with E-state index in [0.29, 0.717) is 13.2 Å². The molecule has 1 rings (SSSR count). The van der Waals surface area contributed by atoms with E-state index in [1.54, 1.807) is 13.0 Å². The van der Waals surface area contributed by atoms with Gasteiger partial charge in [-0.05, 0) is 19.1 Å². The maximum atomic E-state index is 10.7. The summed E-state index contributed by atoms with van der Waals surface area (Å²) in [6.45, 7) is 2.77. The van der Waals surface area contributed by atoms with E-state index >= 15 is 0 Å². The highest BCUT2D eigenvalue weighted by Crippen LogP contribution is 2.31. The zero-order valence-electron chi connectivity index (χ0n) is 7.64. The van der Waals surface area contributed by atoms with Crippen LogP contribution in [0.1, 0.15) is 12.5 Å². The van der Waals surface area contributed by atoms with Crippen LogP contribution in [0.15, 0.2) is 18.2 Å². The van der Waals surface area contributed by atoms with Gasteiger partial charge in [-0.15, -0.1) is 0 Å². The molecule has 0 aliphatic rings. The van der Waals surface area contributed by atoms with Crippen LogP contribution in [-0.2, 0) is 0 Å².